The summed E-state index contributed by atoms with van der Waals surface area (Å²) >= 11 is 0. The van der Waals surface area contributed by atoms with Crippen molar-refractivity contribution in [3.63, 3.8) is 0 Å². The number of pyridine rings is 5. The largest absolute Gasteiger partial charge is 0.481 e. The zero-order chi connectivity index (χ0) is 97.2. The lowest BCUT2D eigenvalue weighted by molar-refractivity contribution is -0.385. The molecule has 0 spiro atoms. The maximum absolute atomic E-state index is 14.9. The number of carboxylic acids is 4. The van der Waals surface area contributed by atoms with Crippen LogP contribution in [-0.4, -0.2) is 183 Å². The third kappa shape index (κ3) is 29.8. The SMILES string of the molecule is CC(C)(C)OC(=O)N1CCN(c2ccc(C(=O)NCc3ccc(N)cc3F)cc2)CC1.O=C(O)CCSSc1ccc([N+](=O)[O-])cn1.[2H]C1([2H])C(C(=O)O)C1c1cccnc1.[2H]C1([2H])[C@@H](C(=O)O)[C@@H]1c1cccnc1.[2H]C1([2H])[C@H](C(=O)Nc2ccc(CNC(=O)c3ccc(N4CCN(C(=O)OC(C)(C)C)CC4)cc3)c(F)c2)[C@H]1c1cccnc1.[2H]C1([2H])[C@H](C(=O)O)[C@H]1c1cccnc1. The number of nitrogens with zero attached hydrogens (tertiary/aromatic N) is 10. The summed E-state index contributed by atoms with van der Waals surface area (Å²) in [6.45, 7) is 16.0. The second-order valence-corrected chi connectivity index (χ2v) is 33.3. The van der Waals surface area contributed by atoms with Gasteiger partial charge in [0.1, 0.15) is 34.1 Å². The zero-order valence-corrected chi connectivity index (χ0v) is 70.5. The lowest BCUT2D eigenvalue weighted by atomic mass is 10.1. The summed E-state index contributed by atoms with van der Waals surface area (Å²) < 4.78 is 101. The van der Waals surface area contributed by atoms with Crippen molar-refractivity contribution in [3.05, 3.63) is 268 Å². The van der Waals surface area contributed by atoms with E-state index in [9.17, 15) is 62.0 Å². The summed E-state index contributed by atoms with van der Waals surface area (Å²) in [6, 6.07) is 39.4. The third-order valence-corrected chi connectivity index (χ3v) is 21.5. The Kier molecular flexibility index (Phi) is 29.3. The van der Waals surface area contributed by atoms with E-state index in [1.54, 1.807) is 126 Å². The minimum atomic E-state index is -1.72. The van der Waals surface area contributed by atoms with Gasteiger partial charge in [-0.25, -0.2) is 23.4 Å². The van der Waals surface area contributed by atoms with Gasteiger partial charge in [-0.05, 0) is 227 Å². The molecule has 4 aliphatic carbocycles. The summed E-state index contributed by atoms with van der Waals surface area (Å²) in [5.41, 5.74) is 11.0. The Morgan fingerprint density at radius 1 is 0.520 bits per heavy atom. The zero-order valence-electron chi connectivity index (χ0n) is 76.9. The molecule has 4 saturated carbocycles. The Balaban J connectivity index is 0.000000178. The van der Waals surface area contributed by atoms with Crippen molar-refractivity contribution < 1.29 is 97.7 Å². The first-order valence-corrected chi connectivity index (χ1v) is 41.8. The van der Waals surface area contributed by atoms with Gasteiger partial charge in [0.15, 0.2) is 0 Å². The van der Waals surface area contributed by atoms with Crippen LogP contribution in [0.15, 0.2) is 206 Å². The molecule has 658 valence electrons. The van der Waals surface area contributed by atoms with Gasteiger partial charge in [-0.1, -0.05) is 47.2 Å². The number of piperazine rings is 2. The summed E-state index contributed by atoms with van der Waals surface area (Å²) in [6.07, 6.45) is 6.47. The fraction of sp³-hybridized carbons (Fsp3) is 0.356. The fourth-order valence-corrected chi connectivity index (χ4v) is 14.3. The number of hydrogen-bond acceptors (Lipinski definition) is 23. The molecule has 9 aromatic rings. The molecule has 7 heterocycles. The molecule has 2 unspecified atom stereocenters. The highest BCUT2D eigenvalue weighted by Gasteiger charge is 2.47. The molecule has 4 aromatic carbocycles. The smallest absolute Gasteiger partial charge is 0.410 e. The number of hydrogen-bond donors (Lipinski definition) is 8. The van der Waals surface area contributed by atoms with E-state index in [2.05, 4.69) is 50.7 Å². The number of nitrogens with two attached hydrogens (primary N) is 1. The molecule has 2 aliphatic heterocycles. The van der Waals surface area contributed by atoms with Gasteiger partial charge in [0.25, 0.3) is 17.5 Å². The molecule has 9 N–H and O–H groups in total. The van der Waals surface area contributed by atoms with Crippen molar-refractivity contribution in [1.29, 1.82) is 0 Å². The number of rotatable bonds is 23. The minimum absolute atomic E-state index is 0.0540. The Bertz CT molecular complexity index is 5420. The Morgan fingerprint density at radius 2 is 0.904 bits per heavy atom. The first kappa shape index (κ1) is 82.8. The summed E-state index contributed by atoms with van der Waals surface area (Å²) in [5.74, 6) is -11.8. The van der Waals surface area contributed by atoms with Gasteiger partial charge in [0, 0.05) is 189 Å². The van der Waals surface area contributed by atoms with Crippen molar-refractivity contribution in [1.82, 2.24) is 45.4 Å². The molecule has 5 amide bonds. The van der Waals surface area contributed by atoms with Crippen molar-refractivity contribution in [2.24, 2.45) is 23.7 Å². The predicted molar refractivity (Wildman–Crippen MR) is 466 cm³/mol. The average molecular weight is 1760 g/mol. The maximum Gasteiger partial charge on any atom is 0.410 e. The minimum Gasteiger partial charge on any atom is -0.481 e. The number of carboxylic acid groups (broad SMARTS) is 4. The van der Waals surface area contributed by atoms with E-state index < -0.39 is 130 Å². The number of carbonyl (C=O) groups excluding carboxylic acids is 5. The predicted octanol–water partition coefficient (Wildman–Crippen LogP) is 14.4. The summed E-state index contributed by atoms with van der Waals surface area (Å²) in [7, 11) is 2.65. The third-order valence-electron chi connectivity index (χ3n) is 19.2. The highest BCUT2D eigenvalue weighted by molar-refractivity contribution is 8.76. The van der Waals surface area contributed by atoms with Crippen LogP contribution in [0.2, 0.25) is 0 Å². The molecule has 31 nitrogen and oxygen atoms in total. The number of nitrogens with one attached hydrogen (secondary N) is 3. The quantitative estimate of drug-likeness (QED) is 0.00969. The first-order valence-electron chi connectivity index (χ1n) is 43.4. The number of carbonyl (C=O) groups is 9. The van der Waals surface area contributed by atoms with Gasteiger partial charge in [-0.15, -0.1) is 0 Å². The first-order chi connectivity index (χ1) is 62.7. The van der Waals surface area contributed by atoms with Crippen LogP contribution in [-0.2, 0) is 46.5 Å². The molecule has 6 aliphatic rings. The van der Waals surface area contributed by atoms with E-state index in [0.29, 0.717) is 108 Å². The molecular weight excluding hydrogens is 1650 g/mol. The van der Waals surface area contributed by atoms with Crippen LogP contribution in [0, 0.1) is 45.4 Å². The number of anilines is 4. The van der Waals surface area contributed by atoms with Crippen LogP contribution in [0.3, 0.4) is 0 Å². The fourth-order valence-electron chi connectivity index (χ4n) is 12.4. The number of halogens is 2. The van der Waals surface area contributed by atoms with Crippen LogP contribution < -0.4 is 31.5 Å². The number of amides is 5. The number of aromatic nitrogens is 5. The van der Waals surface area contributed by atoms with Crippen molar-refractivity contribution in [2.75, 3.05) is 79.0 Å². The molecule has 0 radical (unpaired) electrons. The molecular formula is C90H100F2N14O17S2. The van der Waals surface area contributed by atoms with E-state index in [0.717, 1.165) is 17.4 Å². The van der Waals surface area contributed by atoms with E-state index >= 15 is 0 Å². The molecule has 125 heavy (non-hydrogen) atoms. The van der Waals surface area contributed by atoms with Crippen LogP contribution in [0.5, 0.6) is 0 Å². The van der Waals surface area contributed by atoms with E-state index in [1.165, 1.54) is 76.7 Å². The van der Waals surface area contributed by atoms with Crippen LogP contribution in [0.4, 0.5) is 46.8 Å². The van der Waals surface area contributed by atoms with Gasteiger partial charge < -0.3 is 71.2 Å². The molecule has 8 atom stereocenters. The molecule has 2 saturated heterocycles. The Labute approximate surface area is 740 Å². The highest BCUT2D eigenvalue weighted by Crippen LogP contribution is 2.50. The molecule has 6 fully saturated rings. The van der Waals surface area contributed by atoms with Gasteiger partial charge in [-0.3, -0.25) is 63.6 Å². The van der Waals surface area contributed by atoms with Gasteiger partial charge in [0.05, 0.1) is 29.1 Å². The van der Waals surface area contributed by atoms with E-state index in [4.69, 9.17) is 46.6 Å². The van der Waals surface area contributed by atoms with Crippen LogP contribution >= 0.6 is 21.6 Å². The molecule has 0 bridgehead atoms. The second kappa shape index (κ2) is 44.2. The summed E-state index contributed by atoms with van der Waals surface area (Å²) in [5, 5.41) is 53.7. The van der Waals surface area contributed by atoms with Gasteiger partial charge in [0.2, 0.25) is 5.91 Å². The normalized spacial score (nSPS) is 21.2. The lowest BCUT2D eigenvalue weighted by Crippen LogP contribution is -2.50. The number of nitrogen functional groups attached to an aromatic ring is 1. The maximum atomic E-state index is 14.9. The van der Waals surface area contributed by atoms with E-state index in [-0.39, 0.29) is 60.4 Å². The van der Waals surface area contributed by atoms with Crippen molar-refractivity contribution >= 4 is 104 Å². The topological polar surface area (TPSA) is 436 Å². The van der Waals surface area contributed by atoms with Crippen LogP contribution in [0.1, 0.15) is 162 Å². The Hall–Kier alpha value is -13.2. The van der Waals surface area contributed by atoms with Crippen molar-refractivity contribution in [2.45, 2.75) is 126 Å². The number of aliphatic carboxylic acids is 4. The van der Waals surface area contributed by atoms with Crippen molar-refractivity contribution in [3.8, 4) is 0 Å². The molecule has 35 heteroatoms. The van der Waals surface area contributed by atoms with Gasteiger partial charge in [-0.2, -0.15) is 0 Å². The summed E-state index contributed by atoms with van der Waals surface area (Å²) in [4.78, 5) is 142. The number of ether oxygens (including phenoxy) is 2. The lowest BCUT2D eigenvalue weighted by Gasteiger charge is -2.36. The molecule has 15 rings (SSSR count). The standard InChI is InChI=1S/C32H36FN5O4.C23H29FN4O3.3C9H9NO2.C8H8N2O4S2/c1-32(2,3)42-31(41)38-15-13-37(14-16-38)25-10-7-21(8-11-25)29(39)35-20-23-6-9-24(17-28(23)33)36-30(40)27-18-26(27)22-5-4-12-34-19-22;1-23(2,3)31-22(30)28-12-10-27(11-13-28)19-8-5-16(6-9-19)21(29)26-15-17-4-7-18(25)14-20(17)24;3*11-9(12)8-4-7(8)6-2-1-3-10-5-6;11-8(12)3-4-15-16-7-2-1-6(5-9-7)10(13)14/h4-12,17,19,26-27H,13-16,18,20H2,1-3H3,(H,35,39)(H,36,40);4-9,14H,10-13,15,25H2,1-3H3,(H,26,29);3*1-3,5,7-8H,4H2,(H,11,12);1-2,5H,3-4H2,(H,11,12)/t26-,27+;;2*7-,8+;;/m1.10../s1/i18D2;;3*4D2;. The molecule has 5 aromatic heterocycles. The monoisotopic (exact) mass is 1760 g/mol. The number of benzene rings is 4. The Morgan fingerprint density at radius 3 is 1.23 bits per heavy atom. The van der Waals surface area contributed by atoms with Crippen LogP contribution in [0.25, 0.3) is 0 Å². The highest BCUT2D eigenvalue weighted by atomic mass is 33.1. The number of nitro groups is 1. The van der Waals surface area contributed by atoms with Gasteiger partial charge >= 0.3 is 36.1 Å². The average Bonchev–Trinajstić information content (AvgIpc) is 1.41. The van der Waals surface area contributed by atoms with E-state index in [1.807, 2.05) is 65.8 Å². The second-order valence-electron chi connectivity index (χ2n) is 30.8.